The van der Waals surface area contributed by atoms with Crippen LogP contribution in [0, 0.1) is 0 Å². The molecule has 0 bridgehead atoms. The average Bonchev–Trinajstić information content (AvgIpc) is 3.64. The summed E-state index contributed by atoms with van der Waals surface area (Å²) in [6, 6.07) is 9.40. The third-order valence-electron chi connectivity index (χ3n) is 6.74. The number of imidazole rings is 1. The minimum Gasteiger partial charge on any atom is -0.478 e. The molecule has 3 N–H and O–H groups in total. The fourth-order valence-electron chi connectivity index (χ4n) is 4.79. The van der Waals surface area contributed by atoms with Crippen LogP contribution in [0.15, 0.2) is 72.1 Å². The molecule has 1 aliphatic rings. The highest BCUT2D eigenvalue weighted by Gasteiger charge is 2.32. The Hall–Kier alpha value is -4.67. The van der Waals surface area contributed by atoms with Crippen molar-refractivity contribution >= 4 is 5.97 Å². The molecule has 11 heteroatoms. The quantitative estimate of drug-likeness (QED) is 0.322. The number of benzene rings is 1. The predicted octanol–water partition coefficient (Wildman–Crippen LogP) is 2.77. The maximum atomic E-state index is 13.9. The molecule has 0 spiro atoms. The molecule has 0 unspecified atom stereocenters. The van der Waals surface area contributed by atoms with Crippen LogP contribution in [-0.2, 0) is 25.4 Å². The number of dihydropyridines is 1. The van der Waals surface area contributed by atoms with E-state index in [1.54, 1.807) is 28.6 Å². The standard InChI is InChI=1S/C26H28N8O3/c1-3-4-8-20-16-33(23-21(24(35)36)9-14-32(23)2)25(37)34(20)17-26(10-12-27-13-11-26)19-7-5-6-18(15-19)22-28-30-31-29-22/h5-7,9-16,27H,3-4,8,17H2,1-2H3,(H,35,36)(H,28,29,30,31). The highest BCUT2D eigenvalue weighted by Crippen LogP contribution is 2.33. The molecule has 4 aromatic rings. The van der Waals surface area contributed by atoms with Gasteiger partial charge < -0.3 is 15.0 Å². The Kier molecular flexibility index (Phi) is 6.34. The Morgan fingerprint density at radius 2 is 2.00 bits per heavy atom. The van der Waals surface area contributed by atoms with Crippen molar-refractivity contribution in [2.75, 3.05) is 0 Å². The van der Waals surface area contributed by atoms with Gasteiger partial charge in [-0.15, -0.1) is 5.10 Å². The Morgan fingerprint density at radius 1 is 1.19 bits per heavy atom. The van der Waals surface area contributed by atoms with Crippen molar-refractivity contribution < 1.29 is 9.90 Å². The number of allylic oxidation sites excluding steroid dienone is 2. The minimum absolute atomic E-state index is 0.0773. The summed E-state index contributed by atoms with van der Waals surface area (Å²) in [6.07, 6.45) is 13.8. The number of carboxylic acids is 1. The van der Waals surface area contributed by atoms with E-state index in [0.717, 1.165) is 29.7 Å². The van der Waals surface area contributed by atoms with E-state index < -0.39 is 11.4 Å². The maximum Gasteiger partial charge on any atom is 0.339 e. The van der Waals surface area contributed by atoms with Crippen LogP contribution in [0.1, 0.15) is 41.4 Å². The molecular weight excluding hydrogens is 472 g/mol. The average molecular weight is 501 g/mol. The van der Waals surface area contributed by atoms with Crippen LogP contribution < -0.4 is 11.0 Å². The summed E-state index contributed by atoms with van der Waals surface area (Å²) in [5.41, 5.74) is 1.78. The molecule has 0 saturated heterocycles. The van der Waals surface area contributed by atoms with Gasteiger partial charge in [-0.1, -0.05) is 43.7 Å². The van der Waals surface area contributed by atoms with E-state index in [4.69, 9.17) is 0 Å². The summed E-state index contributed by atoms with van der Waals surface area (Å²) in [7, 11) is 1.74. The molecule has 0 atom stereocenters. The van der Waals surface area contributed by atoms with Gasteiger partial charge in [0, 0.05) is 37.2 Å². The van der Waals surface area contributed by atoms with Gasteiger partial charge in [-0.2, -0.15) is 0 Å². The molecule has 1 aliphatic heterocycles. The van der Waals surface area contributed by atoms with Crippen LogP contribution in [0.5, 0.6) is 0 Å². The molecule has 1 aromatic carbocycles. The van der Waals surface area contributed by atoms with Gasteiger partial charge in [-0.3, -0.25) is 9.13 Å². The van der Waals surface area contributed by atoms with Gasteiger partial charge >= 0.3 is 11.7 Å². The minimum atomic E-state index is -1.08. The maximum absolute atomic E-state index is 13.9. The number of aromatic amines is 1. The van der Waals surface area contributed by atoms with E-state index in [9.17, 15) is 14.7 Å². The Labute approximate surface area is 212 Å². The second-order valence-electron chi connectivity index (χ2n) is 9.14. The van der Waals surface area contributed by atoms with E-state index in [0.29, 0.717) is 24.6 Å². The molecular formula is C26H28N8O3. The van der Waals surface area contributed by atoms with Crippen molar-refractivity contribution in [1.29, 1.82) is 0 Å². The number of tetrazole rings is 1. The zero-order valence-corrected chi connectivity index (χ0v) is 20.6. The summed E-state index contributed by atoms with van der Waals surface area (Å²) in [5, 5.41) is 27.0. The van der Waals surface area contributed by atoms with Gasteiger partial charge in [0.1, 0.15) is 11.4 Å². The molecule has 3 aromatic heterocycles. The monoisotopic (exact) mass is 500 g/mol. The lowest BCUT2D eigenvalue weighted by atomic mass is 9.78. The van der Waals surface area contributed by atoms with Gasteiger partial charge in [0.15, 0.2) is 5.82 Å². The van der Waals surface area contributed by atoms with Crippen LogP contribution in [0.25, 0.3) is 17.2 Å². The molecule has 0 saturated carbocycles. The molecule has 0 aliphatic carbocycles. The molecule has 11 nitrogen and oxygen atoms in total. The van der Waals surface area contributed by atoms with Crippen LogP contribution in [0.4, 0.5) is 0 Å². The van der Waals surface area contributed by atoms with E-state index in [2.05, 4.69) is 32.9 Å². The second kappa shape index (κ2) is 9.76. The van der Waals surface area contributed by atoms with Gasteiger partial charge in [-0.25, -0.2) is 14.7 Å². The van der Waals surface area contributed by atoms with Crippen LogP contribution in [0.2, 0.25) is 0 Å². The van der Waals surface area contributed by atoms with E-state index in [1.165, 1.54) is 10.6 Å². The number of aryl methyl sites for hydroxylation is 2. The SMILES string of the molecule is CCCCc1cn(-c2c(C(=O)O)ccn2C)c(=O)n1CC1(c2cccc(-c3nnn[nH]3)c2)C=CNC=C1. The Morgan fingerprint density at radius 3 is 2.70 bits per heavy atom. The zero-order valence-electron chi connectivity index (χ0n) is 20.6. The number of hydrogen-bond donors (Lipinski definition) is 3. The molecule has 4 heterocycles. The zero-order chi connectivity index (χ0) is 26.0. The first-order valence-electron chi connectivity index (χ1n) is 12.1. The van der Waals surface area contributed by atoms with E-state index in [1.807, 2.05) is 48.8 Å². The predicted molar refractivity (Wildman–Crippen MR) is 137 cm³/mol. The number of carbonyl (C=O) groups is 1. The topological polar surface area (TPSA) is 136 Å². The highest BCUT2D eigenvalue weighted by molar-refractivity contribution is 5.91. The van der Waals surface area contributed by atoms with Gasteiger partial charge in [-0.05, 0) is 53.4 Å². The molecule has 37 heavy (non-hydrogen) atoms. The van der Waals surface area contributed by atoms with E-state index in [-0.39, 0.29) is 11.3 Å². The first-order valence-corrected chi connectivity index (χ1v) is 12.1. The molecule has 0 radical (unpaired) electrons. The number of unbranched alkanes of at least 4 members (excludes halogenated alkanes) is 1. The van der Waals surface area contributed by atoms with Crippen LogP contribution >= 0.6 is 0 Å². The summed E-state index contributed by atoms with van der Waals surface area (Å²) in [4.78, 5) is 25.8. The largest absolute Gasteiger partial charge is 0.478 e. The number of aromatic carboxylic acids is 1. The lowest BCUT2D eigenvalue weighted by Crippen LogP contribution is -2.36. The van der Waals surface area contributed by atoms with E-state index >= 15 is 0 Å². The second-order valence-corrected chi connectivity index (χ2v) is 9.14. The molecule has 0 amide bonds. The Balaban J connectivity index is 1.64. The number of hydrogen-bond acceptors (Lipinski definition) is 6. The lowest BCUT2D eigenvalue weighted by molar-refractivity contribution is 0.0697. The number of H-pyrrole nitrogens is 1. The normalized spacial score (nSPS) is 14.1. The number of carboxylic acid groups (broad SMARTS) is 1. The number of nitrogens with one attached hydrogen (secondary N) is 2. The van der Waals surface area contributed by atoms with Crippen molar-refractivity contribution in [2.24, 2.45) is 7.05 Å². The van der Waals surface area contributed by atoms with Crippen molar-refractivity contribution in [3.63, 3.8) is 0 Å². The highest BCUT2D eigenvalue weighted by atomic mass is 16.4. The first-order chi connectivity index (χ1) is 17.9. The van der Waals surface area contributed by atoms with Gasteiger partial charge in [0.05, 0.1) is 5.41 Å². The smallest absolute Gasteiger partial charge is 0.339 e. The third-order valence-corrected chi connectivity index (χ3v) is 6.74. The number of nitrogens with zero attached hydrogens (tertiary/aromatic N) is 6. The third kappa shape index (κ3) is 4.39. The fourth-order valence-corrected chi connectivity index (χ4v) is 4.79. The summed E-state index contributed by atoms with van der Waals surface area (Å²) >= 11 is 0. The van der Waals surface area contributed by atoms with Crippen molar-refractivity contribution in [1.82, 2.24) is 39.6 Å². The number of aromatic nitrogens is 7. The number of rotatable bonds is 9. The molecule has 190 valence electrons. The summed E-state index contributed by atoms with van der Waals surface area (Å²) in [5.74, 6) is -0.195. The molecule has 0 fully saturated rings. The van der Waals surface area contributed by atoms with Crippen molar-refractivity contribution in [2.45, 2.75) is 38.1 Å². The van der Waals surface area contributed by atoms with Gasteiger partial charge in [0.2, 0.25) is 0 Å². The van der Waals surface area contributed by atoms with Crippen LogP contribution in [-0.4, -0.2) is 45.4 Å². The lowest BCUT2D eigenvalue weighted by Gasteiger charge is -2.31. The van der Waals surface area contributed by atoms with Gasteiger partial charge in [0.25, 0.3) is 0 Å². The fraction of sp³-hybridized carbons (Fsp3) is 0.269. The summed E-state index contributed by atoms with van der Waals surface area (Å²) < 4.78 is 4.87. The van der Waals surface area contributed by atoms with Crippen molar-refractivity contribution in [3.8, 4) is 17.2 Å². The Bertz CT molecular complexity index is 1530. The van der Waals surface area contributed by atoms with Crippen LogP contribution in [0.3, 0.4) is 0 Å². The van der Waals surface area contributed by atoms with Crippen molar-refractivity contribution in [3.05, 3.63) is 94.6 Å². The molecule has 5 rings (SSSR count). The summed E-state index contributed by atoms with van der Waals surface area (Å²) in [6.45, 7) is 2.43. The first kappa shape index (κ1) is 24.0.